The summed E-state index contributed by atoms with van der Waals surface area (Å²) < 4.78 is 12.7. The molecule has 1 amide bonds. The van der Waals surface area contributed by atoms with Crippen LogP contribution in [0.2, 0.25) is 0 Å². The van der Waals surface area contributed by atoms with Gasteiger partial charge in [0.15, 0.2) is 5.82 Å². The van der Waals surface area contributed by atoms with Crippen LogP contribution in [0.5, 0.6) is 11.5 Å². The van der Waals surface area contributed by atoms with E-state index in [1.807, 2.05) is 18.2 Å². The summed E-state index contributed by atoms with van der Waals surface area (Å²) in [5.41, 5.74) is 2.84. The Kier molecular flexibility index (Phi) is 6.48. The number of carbonyl (C=O) groups excluding carboxylic acids is 1. The van der Waals surface area contributed by atoms with Gasteiger partial charge in [-0.3, -0.25) is 14.9 Å². The van der Waals surface area contributed by atoms with Gasteiger partial charge in [-0.15, -0.1) is 5.10 Å². The number of anilines is 2. The fourth-order valence-electron chi connectivity index (χ4n) is 4.36. The molecule has 1 aliphatic heterocycles. The number of para-hydroxylation sites is 1. The Bertz CT molecular complexity index is 1550. The topological polar surface area (TPSA) is 133 Å². The molecule has 2 N–H and O–H groups in total. The van der Waals surface area contributed by atoms with E-state index in [1.165, 1.54) is 12.1 Å². The molecule has 3 aromatic carbocycles. The van der Waals surface area contributed by atoms with Gasteiger partial charge in [-0.1, -0.05) is 18.2 Å². The van der Waals surface area contributed by atoms with Gasteiger partial charge in [-0.25, -0.2) is 4.68 Å². The van der Waals surface area contributed by atoms with E-state index in [-0.39, 0.29) is 11.6 Å². The van der Waals surface area contributed by atoms with Crippen LogP contribution in [-0.2, 0) is 4.79 Å². The highest BCUT2D eigenvalue weighted by atomic mass is 16.6. The lowest BCUT2D eigenvalue weighted by Crippen LogP contribution is -2.31. The van der Waals surface area contributed by atoms with E-state index in [9.17, 15) is 14.9 Å². The molecule has 0 spiro atoms. The number of non-ortho nitro benzene ring substituents is 1. The normalized spacial score (nSPS) is 14.3. The minimum Gasteiger partial charge on any atom is -0.497 e. The molecule has 0 fully saturated rings. The molecule has 0 saturated carbocycles. The number of nitrogens with one attached hydrogen (secondary N) is 2. The van der Waals surface area contributed by atoms with Crippen LogP contribution < -0.4 is 20.1 Å². The molecule has 0 saturated heterocycles. The van der Waals surface area contributed by atoms with Gasteiger partial charge < -0.3 is 20.1 Å². The molecule has 38 heavy (non-hydrogen) atoms. The predicted octanol–water partition coefficient (Wildman–Crippen LogP) is 4.80. The molecule has 1 aromatic heterocycles. The van der Waals surface area contributed by atoms with Crippen molar-refractivity contribution in [3.8, 4) is 22.9 Å². The first-order valence-electron chi connectivity index (χ1n) is 11.7. The monoisotopic (exact) mass is 512 g/mol. The highest BCUT2D eigenvalue weighted by Gasteiger charge is 2.36. The minimum absolute atomic E-state index is 0.0350. The summed E-state index contributed by atoms with van der Waals surface area (Å²) in [7, 11) is 3.11. The van der Waals surface area contributed by atoms with E-state index in [0.29, 0.717) is 51.4 Å². The quantitative estimate of drug-likeness (QED) is 0.267. The van der Waals surface area contributed by atoms with Crippen LogP contribution in [0.3, 0.4) is 0 Å². The van der Waals surface area contributed by atoms with Crippen LogP contribution in [0, 0.1) is 10.1 Å². The lowest BCUT2D eigenvalue weighted by atomic mass is 9.94. The number of fused-ring (bicyclic) bond motifs is 1. The van der Waals surface area contributed by atoms with E-state index in [0.717, 1.165) is 0 Å². The molecule has 1 atom stereocenters. The second-order valence-corrected chi connectivity index (χ2v) is 8.50. The van der Waals surface area contributed by atoms with Crippen molar-refractivity contribution in [1.29, 1.82) is 0 Å². The number of amides is 1. The van der Waals surface area contributed by atoms with Crippen molar-refractivity contribution in [3.63, 3.8) is 0 Å². The molecule has 4 aromatic rings. The third-order valence-electron chi connectivity index (χ3n) is 6.20. The Morgan fingerprint density at radius 3 is 2.45 bits per heavy atom. The molecule has 0 bridgehead atoms. The zero-order valence-corrected chi connectivity index (χ0v) is 20.8. The molecule has 11 nitrogen and oxygen atoms in total. The van der Waals surface area contributed by atoms with Gasteiger partial charge in [-0.2, -0.15) is 4.98 Å². The fraction of sp³-hybridized carbons (Fsp3) is 0.148. The molecule has 2 heterocycles. The van der Waals surface area contributed by atoms with Crippen molar-refractivity contribution in [2.75, 3.05) is 24.9 Å². The van der Waals surface area contributed by atoms with Crippen LogP contribution in [0.4, 0.5) is 17.3 Å². The van der Waals surface area contributed by atoms with Gasteiger partial charge in [0.1, 0.15) is 17.5 Å². The summed E-state index contributed by atoms with van der Waals surface area (Å²) in [5.74, 6) is 1.54. The van der Waals surface area contributed by atoms with E-state index < -0.39 is 11.0 Å². The third kappa shape index (κ3) is 4.52. The van der Waals surface area contributed by atoms with Crippen molar-refractivity contribution in [2.24, 2.45) is 0 Å². The number of allylic oxidation sites excluding steroid dienone is 1. The number of hydrogen-bond acceptors (Lipinski definition) is 8. The van der Waals surface area contributed by atoms with Crippen LogP contribution in [0.1, 0.15) is 18.5 Å². The summed E-state index contributed by atoms with van der Waals surface area (Å²) >= 11 is 0. The van der Waals surface area contributed by atoms with E-state index in [2.05, 4.69) is 15.6 Å². The van der Waals surface area contributed by atoms with Gasteiger partial charge in [0.25, 0.3) is 11.6 Å². The van der Waals surface area contributed by atoms with Crippen LogP contribution in [-0.4, -0.2) is 39.8 Å². The predicted molar refractivity (Wildman–Crippen MR) is 141 cm³/mol. The molecular formula is C27H24N6O5. The number of methoxy groups -OCH3 is 2. The number of nitro groups is 1. The maximum Gasteiger partial charge on any atom is 0.269 e. The zero-order valence-electron chi connectivity index (χ0n) is 20.8. The number of nitrogens with zero attached hydrogens (tertiary/aromatic N) is 4. The second-order valence-electron chi connectivity index (χ2n) is 8.50. The Balaban J connectivity index is 1.64. The highest BCUT2D eigenvalue weighted by Crippen LogP contribution is 2.41. The summed E-state index contributed by atoms with van der Waals surface area (Å²) in [6.07, 6.45) is 0. The first-order valence-corrected chi connectivity index (χ1v) is 11.7. The molecule has 11 heteroatoms. The maximum atomic E-state index is 13.7. The lowest BCUT2D eigenvalue weighted by molar-refractivity contribution is -0.384. The molecule has 192 valence electrons. The first kappa shape index (κ1) is 24.5. The number of carbonyl (C=O) groups is 1. The highest BCUT2D eigenvalue weighted by molar-refractivity contribution is 6.06. The smallest absolute Gasteiger partial charge is 0.269 e. The third-order valence-corrected chi connectivity index (χ3v) is 6.20. The van der Waals surface area contributed by atoms with E-state index in [1.54, 1.807) is 68.3 Å². The molecule has 1 unspecified atom stereocenters. The minimum atomic E-state index is -0.723. The van der Waals surface area contributed by atoms with Crippen molar-refractivity contribution < 1.29 is 19.2 Å². The number of aromatic nitrogens is 3. The van der Waals surface area contributed by atoms with E-state index in [4.69, 9.17) is 14.6 Å². The lowest BCUT2D eigenvalue weighted by Gasteiger charge is -2.29. The van der Waals surface area contributed by atoms with Crippen molar-refractivity contribution in [3.05, 3.63) is 99.7 Å². The standard InChI is InChI=1S/C27H24N6O5/c1-16-23(26(34)29-18-7-5-4-6-8-18)24(21-15-20(37-2)13-14-22(21)38-3)32-27(28-16)30-25(31-32)17-9-11-19(12-10-17)33(35)36/h4-15,24H,1-3H3,(H,29,34)(H,28,30,31). The number of nitro benzene ring substituents is 1. The first-order chi connectivity index (χ1) is 18.4. The van der Waals surface area contributed by atoms with E-state index >= 15 is 0 Å². The second kappa shape index (κ2) is 10.1. The average molecular weight is 513 g/mol. The number of ether oxygens (including phenoxy) is 2. The largest absolute Gasteiger partial charge is 0.497 e. The van der Waals surface area contributed by atoms with Gasteiger partial charge >= 0.3 is 0 Å². The zero-order chi connectivity index (χ0) is 26.8. The fourth-order valence-corrected chi connectivity index (χ4v) is 4.36. The van der Waals surface area contributed by atoms with Gasteiger partial charge in [0, 0.05) is 34.6 Å². The summed E-state index contributed by atoms with van der Waals surface area (Å²) in [6.45, 7) is 1.79. The summed E-state index contributed by atoms with van der Waals surface area (Å²) in [5, 5.41) is 22.0. The van der Waals surface area contributed by atoms with Gasteiger partial charge in [0.05, 0.1) is 24.7 Å². The van der Waals surface area contributed by atoms with Crippen LogP contribution in [0.15, 0.2) is 84.1 Å². The molecule has 5 rings (SSSR count). The van der Waals surface area contributed by atoms with Crippen molar-refractivity contribution >= 4 is 23.2 Å². The Morgan fingerprint density at radius 1 is 1.05 bits per heavy atom. The van der Waals surface area contributed by atoms with Gasteiger partial charge in [-0.05, 0) is 49.4 Å². The van der Waals surface area contributed by atoms with Crippen LogP contribution >= 0.6 is 0 Å². The number of benzene rings is 3. The summed E-state index contributed by atoms with van der Waals surface area (Å²) in [4.78, 5) is 28.9. The number of rotatable bonds is 7. The molecule has 0 aliphatic carbocycles. The SMILES string of the molecule is COc1ccc(OC)c(C2C(C(=O)Nc3ccccc3)=C(C)Nc3nc(-c4ccc([N+](=O)[O-])cc4)nn32)c1. The van der Waals surface area contributed by atoms with Crippen molar-refractivity contribution in [2.45, 2.75) is 13.0 Å². The van der Waals surface area contributed by atoms with Crippen molar-refractivity contribution in [1.82, 2.24) is 14.8 Å². The average Bonchev–Trinajstić information content (AvgIpc) is 3.36. The Labute approximate surface area is 217 Å². The molecule has 0 radical (unpaired) electrons. The summed E-state index contributed by atoms with van der Waals surface area (Å²) in [6, 6.07) is 19.7. The van der Waals surface area contributed by atoms with Gasteiger partial charge in [0.2, 0.25) is 5.95 Å². The Hall–Kier alpha value is -5.19. The molecule has 1 aliphatic rings. The van der Waals surface area contributed by atoms with Crippen LogP contribution in [0.25, 0.3) is 11.4 Å². The Morgan fingerprint density at radius 2 is 1.79 bits per heavy atom. The maximum absolute atomic E-state index is 13.7. The number of hydrogen-bond donors (Lipinski definition) is 2. The molecular weight excluding hydrogens is 488 g/mol.